The molecule has 0 saturated carbocycles. The van der Waals surface area contributed by atoms with Crippen molar-refractivity contribution in [3.05, 3.63) is 23.2 Å². The molecule has 2 aromatic rings. The first-order valence-electron chi connectivity index (χ1n) is 5.09. The number of rotatable bonds is 4. The van der Waals surface area contributed by atoms with Crippen LogP contribution in [0, 0.1) is 0 Å². The molecule has 0 saturated heterocycles. The molecule has 2 N–H and O–H groups in total. The first kappa shape index (κ1) is 11.8. The third-order valence-corrected chi connectivity index (χ3v) is 3.19. The molecule has 0 amide bonds. The van der Waals surface area contributed by atoms with Gasteiger partial charge in [-0.2, -0.15) is 0 Å². The summed E-state index contributed by atoms with van der Waals surface area (Å²) >= 11 is 1.50. The van der Waals surface area contributed by atoms with E-state index in [1.54, 1.807) is 12.1 Å². The second kappa shape index (κ2) is 5.11. The minimum absolute atomic E-state index is 0.107. The van der Waals surface area contributed by atoms with E-state index in [1.165, 1.54) is 18.4 Å². The van der Waals surface area contributed by atoms with Crippen molar-refractivity contribution < 1.29 is 9.84 Å². The fraction of sp³-hybridized carbons (Fsp3) is 0.273. The number of ether oxygens (including phenoxy) is 1. The van der Waals surface area contributed by atoms with Crippen LogP contribution in [-0.2, 0) is 6.54 Å². The van der Waals surface area contributed by atoms with Gasteiger partial charge < -0.3 is 15.2 Å². The molecule has 2 rings (SSSR count). The summed E-state index contributed by atoms with van der Waals surface area (Å²) in [5.74, 6) is 0.559. The average molecular weight is 251 g/mol. The standard InChI is InChI=1S/C11H13N3O2S/c1-12-6-10-13-14-11(17-10)7-3-4-9(16-2)8(15)5-7/h3-5,12,15H,6H2,1-2H3. The van der Waals surface area contributed by atoms with Crippen LogP contribution >= 0.6 is 11.3 Å². The predicted molar refractivity (Wildman–Crippen MR) is 66.3 cm³/mol. The van der Waals surface area contributed by atoms with E-state index in [-0.39, 0.29) is 5.75 Å². The summed E-state index contributed by atoms with van der Waals surface area (Å²) in [4.78, 5) is 0. The van der Waals surface area contributed by atoms with Crippen LogP contribution in [0.4, 0.5) is 0 Å². The van der Waals surface area contributed by atoms with E-state index in [1.807, 2.05) is 13.1 Å². The quantitative estimate of drug-likeness (QED) is 0.864. The number of aromatic nitrogens is 2. The lowest BCUT2D eigenvalue weighted by molar-refractivity contribution is 0.373. The summed E-state index contributed by atoms with van der Waals surface area (Å²) in [7, 11) is 3.38. The van der Waals surface area contributed by atoms with E-state index in [9.17, 15) is 5.11 Å². The fourth-order valence-electron chi connectivity index (χ4n) is 1.42. The maximum Gasteiger partial charge on any atom is 0.160 e. The smallest absolute Gasteiger partial charge is 0.160 e. The maximum atomic E-state index is 9.68. The lowest BCUT2D eigenvalue weighted by atomic mass is 10.2. The zero-order valence-corrected chi connectivity index (χ0v) is 10.4. The molecule has 0 radical (unpaired) electrons. The largest absolute Gasteiger partial charge is 0.504 e. The van der Waals surface area contributed by atoms with Gasteiger partial charge in [-0.15, -0.1) is 10.2 Å². The van der Waals surface area contributed by atoms with Crippen molar-refractivity contribution in [3.63, 3.8) is 0 Å². The van der Waals surface area contributed by atoms with Crippen LogP contribution in [0.3, 0.4) is 0 Å². The van der Waals surface area contributed by atoms with Gasteiger partial charge in [-0.05, 0) is 25.2 Å². The van der Waals surface area contributed by atoms with Crippen molar-refractivity contribution in [1.29, 1.82) is 0 Å². The topological polar surface area (TPSA) is 67.3 Å². The number of nitrogens with one attached hydrogen (secondary N) is 1. The number of phenolic OH excluding ortho intramolecular Hbond substituents is 1. The van der Waals surface area contributed by atoms with Gasteiger partial charge in [-0.25, -0.2) is 0 Å². The summed E-state index contributed by atoms with van der Waals surface area (Å²) in [6, 6.07) is 5.19. The maximum absolute atomic E-state index is 9.68. The van der Waals surface area contributed by atoms with Gasteiger partial charge in [-0.1, -0.05) is 11.3 Å². The van der Waals surface area contributed by atoms with Crippen molar-refractivity contribution in [2.75, 3.05) is 14.2 Å². The van der Waals surface area contributed by atoms with Crippen molar-refractivity contribution in [2.45, 2.75) is 6.54 Å². The van der Waals surface area contributed by atoms with Gasteiger partial charge in [0.05, 0.1) is 7.11 Å². The van der Waals surface area contributed by atoms with Crippen LogP contribution in [-0.4, -0.2) is 29.5 Å². The molecule has 1 heterocycles. The zero-order valence-electron chi connectivity index (χ0n) is 9.60. The third-order valence-electron chi connectivity index (χ3n) is 2.22. The fourth-order valence-corrected chi connectivity index (χ4v) is 2.26. The molecule has 90 valence electrons. The molecule has 0 fully saturated rings. The van der Waals surface area contributed by atoms with E-state index in [0.29, 0.717) is 12.3 Å². The van der Waals surface area contributed by atoms with Crippen molar-refractivity contribution in [1.82, 2.24) is 15.5 Å². The summed E-state index contributed by atoms with van der Waals surface area (Å²) in [6.07, 6.45) is 0. The van der Waals surface area contributed by atoms with Crippen LogP contribution in [0.5, 0.6) is 11.5 Å². The molecular weight excluding hydrogens is 238 g/mol. The average Bonchev–Trinajstić information content (AvgIpc) is 2.78. The van der Waals surface area contributed by atoms with E-state index >= 15 is 0 Å². The highest BCUT2D eigenvalue weighted by molar-refractivity contribution is 7.14. The summed E-state index contributed by atoms with van der Waals surface area (Å²) in [5, 5.41) is 22.5. The van der Waals surface area contributed by atoms with Crippen LogP contribution in [0.1, 0.15) is 5.01 Å². The van der Waals surface area contributed by atoms with Crippen molar-refractivity contribution >= 4 is 11.3 Å². The normalized spacial score (nSPS) is 10.5. The SMILES string of the molecule is CNCc1nnc(-c2ccc(OC)c(O)c2)s1. The molecule has 17 heavy (non-hydrogen) atoms. The van der Waals surface area contributed by atoms with E-state index < -0.39 is 0 Å². The Labute approximate surface area is 103 Å². The molecule has 1 aromatic heterocycles. The van der Waals surface area contributed by atoms with Crippen LogP contribution in [0.2, 0.25) is 0 Å². The van der Waals surface area contributed by atoms with Crippen molar-refractivity contribution in [3.8, 4) is 22.1 Å². The Hall–Kier alpha value is -1.66. The minimum Gasteiger partial charge on any atom is -0.504 e. The van der Waals surface area contributed by atoms with E-state index in [4.69, 9.17) is 4.74 Å². The van der Waals surface area contributed by atoms with Gasteiger partial charge in [0.15, 0.2) is 11.5 Å². The highest BCUT2D eigenvalue weighted by atomic mass is 32.1. The predicted octanol–water partition coefficient (Wildman–Crippen LogP) is 1.64. The van der Waals surface area contributed by atoms with E-state index in [0.717, 1.165) is 15.6 Å². The lowest BCUT2D eigenvalue weighted by Crippen LogP contribution is -2.04. The second-order valence-corrected chi connectivity index (χ2v) is 4.48. The first-order valence-corrected chi connectivity index (χ1v) is 5.90. The second-order valence-electron chi connectivity index (χ2n) is 3.42. The highest BCUT2D eigenvalue weighted by Crippen LogP contribution is 2.32. The van der Waals surface area contributed by atoms with Crippen molar-refractivity contribution in [2.24, 2.45) is 0 Å². The van der Waals surface area contributed by atoms with Gasteiger partial charge in [0.2, 0.25) is 0 Å². The summed E-state index contributed by atoms with van der Waals surface area (Å²) in [6.45, 7) is 0.694. The molecule has 5 nitrogen and oxygen atoms in total. The van der Waals surface area contributed by atoms with Gasteiger partial charge in [0, 0.05) is 12.1 Å². The number of nitrogens with zero attached hydrogens (tertiary/aromatic N) is 2. The Morgan fingerprint density at radius 2 is 2.24 bits per heavy atom. The van der Waals surface area contributed by atoms with E-state index in [2.05, 4.69) is 15.5 Å². The molecule has 0 aliphatic heterocycles. The lowest BCUT2D eigenvalue weighted by Gasteiger charge is -2.03. The molecule has 1 aromatic carbocycles. The van der Waals surface area contributed by atoms with Gasteiger partial charge in [0.25, 0.3) is 0 Å². The Balaban J connectivity index is 2.29. The molecule has 0 aliphatic carbocycles. The Kier molecular flexibility index (Phi) is 3.55. The summed E-state index contributed by atoms with van der Waals surface area (Å²) in [5.41, 5.74) is 0.836. The van der Waals surface area contributed by atoms with Gasteiger partial charge in [-0.3, -0.25) is 0 Å². The molecule has 0 bridgehead atoms. The highest BCUT2D eigenvalue weighted by Gasteiger charge is 2.09. The number of hydrogen-bond donors (Lipinski definition) is 2. The minimum atomic E-state index is 0.107. The van der Waals surface area contributed by atoms with Crippen LogP contribution in [0.15, 0.2) is 18.2 Å². The molecule has 0 atom stereocenters. The first-order chi connectivity index (χ1) is 8.24. The monoisotopic (exact) mass is 251 g/mol. The van der Waals surface area contributed by atoms with Gasteiger partial charge >= 0.3 is 0 Å². The number of phenols is 1. The number of benzene rings is 1. The molecule has 0 unspecified atom stereocenters. The number of aromatic hydroxyl groups is 1. The molecule has 0 spiro atoms. The Morgan fingerprint density at radius 3 is 2.88 bits per heavy atom. The van der Waals surface area contributed by atoms with Gasteiger partial charge in [0.1, 0.15) is 10.0 Å². The Morgan fingerprint density at radius 1 is 1.41 bits per heavy atom. The number of hydrogen-bond acceptors (Lipinski definition) is 6. The van der Waals surface area contributed by atoms with Crippen LogP contribution < -0.4 is 10.1 Å². The third kappa shape index (κ3) is 2.54. The molecule has 6 heteroatoms. The Bertz CT molecular complexity index is 513. The molecular formula is C11H13N3O2S. The summed E-state index contributed by atoms with van der Waals surface area (Å²) < 4.78 is 4.99. The number of methoxy groups -OCH3 is 1. The molecule has 0 aliphatic rings. The zero-order chi connectivity index (χ0) is 12.3. The van der Waals surface area contributed by atoms with Crippen LogP contribution in [0.25, 0.3) is 10.6 Å².